The lowest BCUT2D eigenvalue weighted by atomic mass is 9.88. The molecule has 100 valence electrons. The summed E-state index contributed by atoms with van der Waals surface area (Å²) in [6.45, 7) is 12.9. The maximum atomic E-state index is 5.57. The Hall–Kier alpha value is -0.860. The van der Waals surface area contributed by atoms with E-state index in [1.54, 1.807) is 0 Å². The van der Waals surface area contributed by atoms with Crippen LogP contribution in [0.3, 0.4) is 0 Å². The molecule has 1 aromatic carbocycles. The highest BCUT2D eigenvalue weighted by Crippen LogP contribution is 2.37. The molecule has 1 aromatic rings. The van der Waals surface area contributed by atoms with Crippen molar-refractivity contribution in [2.24, 2.45) is 11.3 Å². The zero-order valence-electron chi connectivity index (χ0n) is 12.0. The molecule has 0 bridgehead atoms. The second-order valence-corrected chi connectivity index (χ2v) is 7.46. The van der Waals surface area contributed by atoms with Crippen LogP contribution in [0.2, 0.25) is 0 Å². The number of allylic oxidation sites excluding steroid dienone is 1. The van der Waals surface area contributed by atoms with Gasteiger partial charge in [-0.25, -0.2) is 0 Å². The van der Waals surface area contributed by atoms with Gasteiger partial charge in [-0.3, -0.25) is 0 Å². The molecular weight excluding hydrogens is 268 g/mol. The summed E-state index contributed by atoms with van der Waals surface area (Å²) in [6, 6.07) is 6.38. The lowest BCUT2D eigenvalue weighted by Crippen LogP contribution is -2.12. The molecule has 0 amide bonds. The Balaban J connectivity index is 2.36. The Labute approximate surface area is 126 Å². The molecule has 19 heavy (non-hydrogen) atoms. The SMILES string of the molecule is C=C1c2cc(C(=S)CC(C)(C)C)ccc2C(=S)C1C. The van der Waals surface area contributed by atoms with Crippen molar-refractivity contribution in [3.05, 3.63) is 41.5 Å². The van der Waals surface area contributed by atoms with Gasteiger partial charge in [0.15, 0.2) is 0 Å². The Morgan fingerprint density at radius 1 is 1.26 bits per heavy atom. The molecule has 0 radical (unpaired) electrons. The van der Waals surface area contributed by atoms with Gasteiger partial charge < -0.3 is 0 Å². The van der Waals surface area contributed by atoms with Crippen LogP contribution in [0.5, 0.6) is 0 Å². The first-order valence-electron chi connectivity index (χ1n) is 6.61. The smallest absolute Gasteiger partial charge is 0.0302 e. The number of fused-ring (bicyclic) bond motifs is 1. The minimum absolute atomic E-state index is 0.218. The van der Waals surface area contributed by atoms with Crippen LogP contribution in [0.15, 0.2) is 24.8 Å². The molecule has 0 saturated carbocycles. The number of hydrogen-bond acceptors (Lipinski definition) is 2. The van der Waals surface area contributed by atoms with Gasteiger partial charge in [-0.15, -0.1) is 0 Å². The van der Waals surface area contributed by atoms with E-state index in [9.17, 15) is 0 Å². The highest BCUT2D eigenvalue weighted by Gasteiger charge is 2.27. The van der Waals surface area contributed by atoms with Gasteiger partial charge in [-0.1, -0.05) is 70.8 Å². The van der Waals surface area contributed by atoms with Crippen LogP contribution >= 0.6 is 24.4 Å². The lowest BCUT2D eigenvalue weighted by Gasteiger charge is -2.19. The molecule has 2 heteroatoms. The molecule has 0 N–H and O–H groups in total. The fourth-order valence-corrected chi connectivity index (χ4v) is 3.29. The topological polar surface area (TPSA) is 0 Å². The highest BCUT2D eigenvalue weighted by atomic mass is 32.1. The Morgan fingerprint density at radius 3 is 2.47 bits per heavy atom. The second-order valence-electron chi connectivity index (χ2n) is 6.53. The second kappa shape index (κ2) is 4.92. The van der Waals surface area contributed by atoms with Crippen LogP contribution in [-0.2, 0) is 0 Å². The van der Waals surface area contributed by atoms with Gasteiger partial charge in [-0.2, -0.15) is 0 Å². The molecule has 1 aliphatic rings. The molecule has 0 fully saturated rings. The fraction of sp³-hybridized carbons (Fsp3) is 0.412. The lowest BCUT2D eigenvalue weighted by molar-refractivity contribution is 0.436. The first kappa shape index (κ1) is 14.5. The van der Waals surface area contributed by atoms with E-state index in [-0.39, 0.29) is 11.3 Å². The predicted octanol–water partition coefficient (Wildman–Crippen LogP) is 5.22. The van der Waals surface area contributed by atoms with Crippen molar-refractivity contribution in [3.8, 4) is 0 Å². The summed E-state index contributed by atoms with van der Waals surface area (Å²) in [4.78, 5) is 2.03. The van der Waals surface area contributed by atoms with E-state index in [0.29, 0.717) is 0 Å². The van der Waals surface area contributed by atoms with Crippen molar-refractivity contribution in [1.82, 2.24) is 0 Å². The molecule has 1 atom stereocenters. The summed E-state index contributed by atoms with van der Waals surface area (Å²) < 4.78 is 0. The van der Waals surface area contributed by atoms with E-state index in [1.807, 2.05) is 0 Å². The van der Waals surface area contributed by atoms with E-state index < -0.39 is 0 Å². The van der Waals surface area contributed by atoms with Crippen LogP contribution in [0.1, 0.15) is 50.8 Å². The van der Waals surface area contributed by atoms with E-state index in [4.69, 9.17) is 24.4 Å². The quantitative estimate of drug-likeness (QED) is 0.540. The number of thiocarbonyl (C=S) groups is 2. The van der Waals surface area contributed by atoms with E-state index in [0.717, 1.165) is 32.8 Å². The van der Waals surface area contributed by atoms with Gasteiger partial charge >= 0.3 is 0 Å². The van der Waals surface area contributed by atoms with Gasteiger partial charge in [0.1, 0.15) is 0 Å². The van der Waals surface area contributed by atoms with Gasteiger partial charge in [0.25, 0.3) is 0 Å². The molecule has 1 aliphatic carbocycles. The standard InChI is InChI=1S/C17H20S2/c1-10-11(2)16(19)13-7-6-12(8-14(10)13)15(18)9-17(3,4)5/h6-8,11H,1,9H2,2-5H3. The Kier molecular flexibility index (Phi) is 3.76. The molecule has 0 saturated heterocycles. The summed E-state index contributed by atoms with van der Waals surface area (Å²) in [5, 5.41) is 0. The first-order chi connectivity index (χ1) is 8.70. The van der Waals surface area contributed by atoms with Crippen molar-refractivity contribution in [1.29, 1.82) is 0 Å². The average molecular weight is 288 g/mol. The van der Waals surface area contributed by atoms with Crippen LogP contribution in [0.25, 0.3) is 5.57 Å². The van der Waals surface area contributed by atoms with E-state index >= 15 is 0 Å². The molecule has 2 rings (SSSR count). The molecule has 1 unspecified atom stereocenters. The fourth-order valence-electron chi connectivity index (χ4n) is 2.41. The van der Waals surface area contributed by atoms with Crippen LogP contribution in [-0.4, -0.2) is 9.73 Å². The van der Waals surface area contributed by atoms with Gasteiger partial charge in [-0.05, 0) is 40.2 Å². The zero-order chi connectivity index (χ0) is 14.4. The minimum Gasteiger partial charge on any atom is -0.0946 e. The summed E-state index contributed by atoms with van der Waals surface area (Å²) in [7, 11) is 0. The third-order valence-electron chi connectivity index (χ3n) is 3.56. The predicted molar refractivity (Wildman–Crippen MR) is 92.1 cm³/mol. The maximum Gasteiger partial charge on any atom is 0.0302 e. The zero-order valence-corrected chi connectivity index (χ0v) is 13.7. The monoisotopic (exact) mass is 288 g/mol. The van der Waals surface area contributed by atoms with E-state index in [2.05, 4.69) is 52.5 Å². The molecule has 0 spiro atoms. The molecule has 0 aromatic heterocycles. The maximum absolute atomic E-state index is 5.57. The van der Waals surface area contributed by atoms with Crippen LogP contribution < -0.4 is 0 Å². The Bertz CT molecular complexity index is 573. The van der Waals surface area contributed by atoms with Crippen molar-refractivity contribution < 1.29 is 0 Å². The number of rotatable bonds is 2. The third-order valence-corrected chi connectivity index (χ3v) is 4.51. The summed E-state index contributed by atoms with van der Waals surface area (Å²) in [5.74, 6) is 0.274. The van der Waals surface area contributed by atoms with Crippen LogP contribution in [0, 0.1) is 11.3 Å². The van der Waals surface area contributed by atoms with Crippen molar-refractivity contribution >= 4 is 39.7 Å². The number of benzene rings is 1. The normalized spacial score (nSPS) is 18.6. The average Bonchev–Trinajstić information content (AvgIpc) is 2.52. The number of hydrogen-bond donors (Lipinski definition) is 0. The molecule has 0 aliphatic heterocycles. The minimum atomic E-state index is 0.218. The highest BCUT2D eigenvalue weighted by molar-refractivity contribution is 7.81. The molecule has 0 heterocycles. The van der Waals surface area contributed by atoms with E-state index in [1.165, 1.54) is 5.56 Å². The van der Waals surface area contributed by atoms with Crippen molar-refractivity contribution in [3.63, 3.8) is 0 Å². The van der Waals surface area contributed by atoms with Gasteiger partial charge in [0, 0.05) is 15.6 Å². The summed E-state index contributed by atoms with van der Waals surface area (Å²) in [5.41, 5.74) is 4.83. The molecule has 0 nitrogen and oxygen atoms in total. The third kappa shape index (κ3) is 2.85. The summed E-state index contributed by atoms with van der Waals surface area (Å²) in [6.07, 6.45) is 0.924. The molecular formula is C17H20S2. The van der Waals surface area contributed by atoms with Gasteiger partial charge in [0.05, 0.1) is 0 Å². The van der Waals surface area contributed by atoms with Crippen LogP contribution in [0.4, 0.5) is 0 Å². The summed E-state index contributed by atoms with van der Waals surface area (Å²) >= 11 is 11.1. The largest absolute Gasteiger partial charge is 0.0946 e. The Morgan fingerprint density at radius 2 is 1.89 bits per heavy atom. The van der Waals surface area contributed by atoms with Crippen molar-refractivity contribution in [2.75, 3.05) is 0 Å². The first-order valence-corrected chi connectivity index (χ1v) is 7.43. The van der Waals surface area contributed by atoms with Gasteiger partial charge in [0.2, 0.25) is 0 Å². The van der Waals surface area contributed by atoms with Crippen molar-refractivity contribution in [2.45, 2.75) is 34.1 Å².